The highest BCUT2D eigenvalue weighted by Gasteiger charge is 2.19. The Balaban J connectivity index is 2.57. The maximum Gasteiger partial charge on any atom is 0.472 e. The Hall–Kier alpha value is -1.23. The number of rotatable bonds is 5. The molecule has 0 radical (unpaired) electrons. The van der Waals surface area contributed by atoms with E-state index in [1.807, 2.05) is 18.2 Å². The first-order chi connectivity index (χ1) is 7.20. The smallest absolute Gasteiger partial charge is 0.293 e. The Bertz CT molecular complexity index is 361. The highest BCUT2D eigenvalue weighted by molar-refractivity contribution is 7.52. The molecule has 0 unspecified atom stereocenters. The van der Waals surface area contributed by atoms with Crippen molar-refractivity contribution in [3.8, 4) is 0 Å². The number of hydrogen-bond acceptors (Lipinski definition) is 4. The quantitative estimate of drug-likeness (QED) is 0.478. The molecule has 1 rings (SSSR count). The molecule has 0 saturated carbocycles. The highest BCUT2D eigenvalue weighted by Crippen LogP contribution is 2.48. The first-order valence-electron chi connectivity index (χ1n) is 4.15. The van der Waals surface area contributed by atoms with Gasteiger partial charge in [0.1, 0.15) is 0 Å². The van der Waals surface area contributed by atoms with Crippen LogP contribution in [0.15, 0.2) is 40.4 Å². The van der Waals surface area contributed by atoms with Gasteiger partial charge in [0.15, 0.2) is 0 Å². The Morgan fingerprint density at radius 3 is 2.33 bits per heavy atom. The molecule has 0 atom stereocenters. The third-order valence-corrected chi connectivity index (χ3v) is 2.80. The first kappa shape index (κ1) is 11.8. The molecule has 7 heteroatoms. The number of nitrogens with one attached hydrogen (secondary N) is 1. The van der Waals surface area contributed by atoms with Crippen molar-refractivity contribution in [3.05, 3.63) is 30.3 Å². The minimum absolute atomic E-state index is 0.736. The maximum atomic E-state index is 11.4. The summed E-state index contributed by atoms with van der Waals surface area (Å²) in [6.07, 6.45) is 0. The van der Waals surface area contributed by atoms with E-state index in [-0.39, 0.29) is 0 Å². The number of para-hydroxylation sites is 1. The van der Waals surface area contributed by atoms with Crippen molar-refractivity contribution < 1.29 is 13.6 Å². The van der Waals surface area contributed by atoms with Crippen LogP contribution in [-0.4, -0.2) is 14.2 Å². The van der Waals surface area contributed by atoms with E-state index in [1.54, 1.807) is 12.1 Å². The third-order valence-electron chi connectivity index (χ3n) is 1.57. The van der Waals surface area contributed by atoms with Gasteiger partial charge in [0.2, 0.25) is 0 Å². The molecule has 0 aromatic heterocycles. The van der Waals surface area contributed by atoms with Gasteiger partial charge in [-0.25, -0.2) is 4.57 Å². The fourth-order valence-electron chi connectivity index (χ4n) is 0.795. The summed E-state index contributed by atoms with van der Waals surface area (Å²) in [6.45, 7) is 0. The Kier molecular flexibility index (Phi) is 4.42. The van der Waals surface area contributed by atoms with Crippen molar-refractivity contribution in [3.63, 3.8) is 0 Å². The highest BCUT2D eigenvalue weighted by atomic mass is 31.2. The lowest BCUT2D eigenvalue weighted by molar-refractivity contribution is 0.275. The van der Waals surface area contributed by atoms with Gasteiger partial charge >= 0.3 is 7.75 Å². The van der Waals surface area contributed by atoms with Crippen molar-refractivity contribution in [1.29, 1.82) is 0 Å². The van der Waals surface area contributed by atoms with Crippen LogP contribution in [0.25, 0.3) is 0 Å². The van der Waals surface area contributed by atoms with Crippen LogP contribution in [0.3, 0.4) is 0 Å². The molecule has 6 nitrogen and oxygen atoms in total. The van der Waals surface area contributed by atoms with Gasteiger partial charge in [-0.05, 0) is 12.1 Å². The second-order valence-corrected chi connectivity index (χ2v) is 4.35. The van der Waals surface area contributed by atoms with E-state index in [9.17, 15) is 4.57 Å². The zero-order chi connectivity index (χ0) is 11.1. The van der Waals surface area contributed by atoms with Crippen molar-refractivity contribution in [1.82, 2.24) is 0 Å². The van der Waals surface area contributed by atoms with E-state index in [0.29, 0.717) is 0 Å². The summed E-state index contributed by atoms with van der Waals surface area (Å²) < 4.78 is 20.5. The molecule has 1 N–H and O–H groups in total. The lowest BCUT2D eigenvalue weighted by atomic mass is 10.3. The second kappa shape index (κ2) is 5.60. The van der Waals surface area contributed by atoms with E-state index in [4.69, 9.17) is 0 Å². The van der Waals surface area contributed by atoms with Gasteiger partial charge in [0.05, 0.1) is 5.69 Å². The molecule has 0 spiro atoms. The van der Waals surface area contributed by atoms with Gasteiger partial charge in [-0.1, -0.05) is 28.3 Å². The van der Waals surface area contributed by atoms with E-state index in [0.717, 1.165) is 5.69 Å². The van der Waals surface area contributed by atoms with Crippen LogP contribution in [0.4, 0.5) is 5.69 Å². The summed E-state index contributed by atoms with van der Waals surface area (Å²) in [6, 6.07) is 9.14. The van der Waals surface area contributed by atoms with Crippen molar-refractivity contribution in [2.75, 3.05) is 19.6 Å². The lowest BCUT2D eigenvalue weighted by Crippen LogP contribution is -1.88. The van der Waals surface area contributed by atoms with Gasteiger partial charge in [0, 0.05) is 14.2 Å². The molecule has 0 saturated heterocycles. The largest absolute Gasteiger partial charge is 0.472 e. The van der Waals surface area contributed by atoms with Crippen LogP contribution >= 0.6 is 7.75 Å². The number of hydrogen-bond donors (Lipinski definition) is 1. The summed E-state index contributed by atoms with van der Waals surface area (Å²) in [5.41, 5.74) is 3.33. The summed E-state index contributed by atoms with van der Waals surface area (Å²) in [5.74, 6) is 0. The van der Waals surface area contributed by atoms with Crippen LogP contribution in [-0.2, 0) is 13.6 Å². The zero-order valence-electron chi connectivity index (χ0n) is 8.45. The number of nitrogens with zero attached hydrogens (tertiary/aromatic N) is 2. The molecule has 0 fully saturated rings. The normalized spacial score (nSPS) is 11.9. The lowest BCUT2D eigenvalue weighted by Gasteiger charge is -2.05. The van der Waals surface area contributed by atoms with Crippen LogP contribution in [0.5, 0.6) is 0 Å². The predicted molar refractivity (Wildman–Crippen MR) is 56.5 cm³/mol. The summed E-state index contributed by atoms with van der Waals surface area (Å²) in [7, 11) is -0.939. The molecule has 0 amide bonds. The maximum absolute atomic E-state index is 11.4. The van der Waals surface area contributed by atoms with E-state index in [1.165, 1.54) is 14.2 Å². The minimum Gasteiger partial charge on any atom is -0.293 e. The van der Waals surface area contributed by atoms with Gasteiger partial charge in [-0.2, -0.15) is 0 Å². The monoisotopic (exact) mass is 229 g/mol. The first-order valence-corrected chi connectivity index (χ1v) is 5.64. The Morgan fingerprint density at radius 1 is 1.20 bits per heavy atom. The fourth-order valence-corrected chi connectivity index (χ4v) is 1.24. The summed E-state index contributed by atoms with van der Waals surface area (Å²) in [5, 5.41) is 3.52. The van der Waals surface area contributed by atoms with Crippen LogP contribution in [0.1, 0.15) is 0 Å². The summed E-state index contributed by atoms with van der Waals surface area (Å²) >= 11 is 0. The van der Waals surface area contributed by atoms with Gasteiger partial charge in [0.25, 0.3) is 0 Å². The van der Waals surface area contributed by atoms with E-state index in [2.05, 4.69) is 24.6 Å². The molecule has 0 aliphatic rings. The average molecular weight is 229 g/mol. The molecular formula is C8H12N3O3P. The molecule has 0 aliphatic carbocycles. The van der Waals surface area contributed by atoms with Crippen molar-refractivity contribution >= 4 is 13.4 Å². The number of anilines is 1. The molecular weight excluding hydrogens is 217 g/mol. The number of benzene rings is 1. The third kappa shape index (κ3) is 3.79. The van der Waals surface area contributed by atoms with Crippen LogP contribution in [0, 0.1) is 0 Å². The SMILES string of the molecule is COP(=O)(/N=N/Nc1ccccc1)OC. The standard InChI is InChI=1S/C8H12N3O3P/c1-13-15(12,14-2)11-10-9-8-6-4-3-5-7-8/h3-7H,1-2H3,(H,9,11,12). The minimum atomic E-state index is -3.42. The Morgan fingerprint density at radius 2 is 1.80 bits per heavy atom. The molecule has 1 aromatic rings. The fraction of sp³-hybridized carbons (Fsp3) is 0.250. The molecule has 0 aliphatic heterocycles. The van der Waals surface area contributed by atoms with Crippen molar-refractivity contribution in [2.45, 2.75) is 0 Å². The molecule has 82 valence electrons. The Labute approximate surface area is 87.9 Å². The average Bonchev–Trinajstić information content (AvgIpc) is 2.30. The van der Waals surface area contributed by atoms with Crippen molar-refractivity contribution in [2.24, 2.45) is 10.1 Å². The molecule has 15 heavy (non-hydrogen) atoms. The van der Waals surface area contributed by atoms with Crippen LogP contribution < -0.4 is 5.43 Å². The molecule has 0 bridgehead atoms. The molecule has 0 heterocycles. The van der Waals surface area contributed by atoms with E-state index < -0.39 is 7.75 Å². The summed E-state index contributed by atoms with van der Waals surface area (Å²) in [4.78, 5) is 3.41. The zero-order valence-corrected chi connectivity index (χ0v) is 9.35. The van der Waals surface area contributed by atoms with Gasteiger partial charge < -0.3 is 0 Å². The molecule has 1 aromatic carbocycles. The van der Waals surface area contributed by atoms with Gasteiger partial charge in [-0.3, -0.25) is 14.5 Å². The topological polar surface area (TPSA) is 72.3 Å². The second-order valence-electron chi connectivity index (χ2n) is 2.50. The van der Waals surface area contributed by atoms with Gasteiger partial charge in [-0.15, -0.1) is 0 Å². The van der Waals surface area contributed by atoms with E-state index >= 15 is 0 Å². The predicted octanol–water partition coefficient (Wildman–Crippen LogP) is 2.87. The van der Waals surface area contributed by atoms with Crippen LogP contribution in [0.2, 0.25) is 0 Å².